The third kappa shape index (κ3) is 3.60. The molecule has 0 saturated heterocycles. The monoisotopic (exact) mass is 335 g/mol. The SMILES string of the molecule is CCCn1nc(C(=O)NC(C)c2cccc3ccccc23)ccc1=O. The lowest BCUT2D eigenvalue weighted by Crippen LogP contribution is -2.31. The summed E-state index contributed by atoms with van der Waals surface area (Å²) in [5, 5.41) is 9.39. The molecule has 0 aliphatic rings. The van der Waals surface area contributed by atoms with Gasteiger partial charge < -0.3 is 5.32 Å². The zero-order valence-electron chi connectivity index (χ0n) is 14.4. The van der Waals surface area contributed by atoms with Gasteiger partial charge in [0.2, 0.25) is 0 Å². The van der Waals surface area contributed by atoms with Crippen LogP contribution in [0.3, 0.4) is 0 Å². The summed E-state index contributed by atoms with van der Waals surface area (Å²) in [5.41, 5.74) is 1.11. The number of carbonyl (C=O) groups excluding carboxylic acids is 1. The van der Waals surface area contributed by atoms with Crippen molar-refractivity contribution in [1.82, 2.24) is 15.1 Å². The van der Waals surface area contributed by atoms with E-state index in [9.17, 15) is 9.59 Å². The van der Waals surface area contributed by atoms with Gasteiger partial charge in [-0.2, -0.15) is 5.10 Å². The average molecular weight is 335 g/mol. The Morgan fingerprint density at radius 1 is 1.12 bits per heavy atom. The Kier molecular flexibility index (Phi) is 4.93. The number of aromatic nitrogens is 2. The lowest BCUT2D eigenvalue weighted by molar-refractivity contribution is 0.0932. The van der Waals surface area contributed by atoms with E-state index in [0.29, 0.717) is 6.54 Å². The van der Waals surface area contributed by atoms with Crippen LogP contribution < -0.4 is 10.9 Å². The maximum atomic E-state index is 12.5. The highest BCUT2D eigenvalue weighted by Crippen LogP contribution is 2.24. The smallest absolute Gasteiger partial charge is 0.272 e. The predicted molar refractivity (Wildman–Crippen MR) is 98.6 cm³/mol. The highest BCUT2D eigenvalue weighted by atomic mass is 16.2. The number of hydrogen-bond acceptors (Lipinski definition) is 3. The fourth-order valence-corrected chi connectivity index (χ4v) is 2.92. The van der Waals surface area contributed by atoms with Crippen LogP contribution in [0.5, 0.6) is 0 Å². The van der Waals surface area contributed by atoms with Crippen LogP contribution in [-0.2, 0) is 6.54 Å². The molecule has 128 valence electrons. The molecule has 3 aromatic rings. The molecule has 0 aliphatic heterocycles. The Balaban J connectivity index is 1.85. The van der Waals surface area contributed by atoms with Gasteiger partial charge in [-0.05, 0) is 35.7 Å². The summed E-state index contributed by atoms with van der Waals surface area (Å²) < 4.78 is 1.33. The van der Waals surface area contributed by atoms with Gasteiger partial charge in [0.05, 0.1) is 6.04 Å². The highest BCUT2D eigenvalue weighted by Gasteiger charge is 2.15. The predicted octanol–water partition coefficient (Wildman–Crippen LogP) is 3.30. The fraction of sp³-hybridized carbons (Fsp3) is 0.250. The van der Waals surface area contributed by atoms with Crippen LogP contribution in [0.1, 0.15) is 42.4 Å². The maximum absolute atomic E-state index is 12.5. The topological polar surface area (TPSA) is 64.0 Å². The second-order valence-corrected chi connectivity index (χ2v) is 6.04. The summed E-state index contributed by atoms with van der Waals surface area (Å²) in [6.07, 6.45) is 0.782. The first-order valence-corrected chi connectivity index (χ1v) is 8.47. The van der Waals surface area contributed by atoms with Gasteiger partial charge in [-0.3, -0.25) is 9.59 Å². The Labute approximate surface area is 146 Å². The molecule has 0 spiro atoms. The first kappa shape index (κ1) is 16.9. The minimum Gasteiger partial charge on any atom is -0.344 e. The van der Waals surface area contributed by atoms with Crippen LogP contribution in [0, 0.1) is 0 Å². The van der Waals surface area contributed by atoms with Crippen LogP contribution in [0.25, 0.3) is 10.8 Å². The van der Waals surface area contributed by atoms with Crippen molar-refractivity contribution in [2.75, 3.05) is 0 Å². The van der Waals surface area contributed by atoms with E-state index in [2.05, 4.69) is 22.5 Å². The quantitative estimate of drug-likeness (QED) is 0.778. The van der Waals surface area contributed by atoms with E-state index < -0.39 is 0 Å². The molecule has 2 aromatic carbocycles. The normalized spacial score (nSPS) is 12.1. The Morgan fingerprint density at radius 2 is 1.88 bits per heavy atom. The Bertz CT molecular complexity index is 957. The molecule has 0 saturated carbocycles. The summed E-state index contributed by atoms with van der Waals surface area (Å²) in [6.45, 7) is 4.41. The third-order valence-electron chi connectivity index (χ3n) is 4.17. The van der Waals surface area contributed by atoms with E-state index in [1.54, 1.807) is 0 Å². The largest absolute Gasteiger partial charge is 0.344 e. The lowest BCUT2D eigenvalue weighted by Gasteiger charge is -2.16. The summed E-state index contributed by atoms with van der Waals surface area (Å²) in [5.74, 6) is -0.287. The number of aryl methyl sites for hydroxylation is 1. The van der Waals surface area contributed by atoms with Crippen molar-refractivity contribution >= 4 is 16.7 Å². The van der Waals surface area contributed by atoms with E-state index in [1.165, 1.54) is 16.8 Å². The molecule has 0 radical (unpaired) electrons. The number of hydrogen-bond donors (Lipinski definition) is 1. The average Bonchev–Trinajstić information content (AvgIpc) is 2.63. The minimum atomic E-state index is -0.287. The fourth-order valence-electron chi connectivity index (χ4n) is 2.92. The number of benzene rings is 2. The first-order valence-electron chi connectivity index (χ1n) is 8.47. The molecule has 5 heteroatoms. The maximum Gasteiger partial charge on any atom is 0.272 e. The second-order valence-electron chi connectivity index (χ2n) is 6.04. The van der Waals surface area contributed by atoms with Crippen molar-refractivity contribution in [3.8, 4) is 0 Å². The molecule has 0 bridgehead atoms. The zero-order chi connectivity index (χ0) is 17.8. The van der Waals surface area contributed by atoms with E-state index >= 15 is 0 Å². The number of nitrogens with one attached hydrogen (secondary N) is 1. The van der Waals surface area contributed by atoms with Crippen molar-refractivity contribution in [3.63, 3.8) is 0 Å². The van der Waals surface area contributed by atoms with Crippen molar-refractivity contribution < 1.29 is 4.79 Å². The third-order valence-corrected chi connectivity index (χ3v) is 4.17. The second kappa shape index (κ2) is 7.30. The van der Waals surface area contributed by atoms with Gasteiger partial charge in [0.1, 0.15) is 5.69 Å². The molecule has 1 N–H and O–H groups in total. The molecule has 5 nitrogen and oxygen atoms in total. The summed E-state index contributed by atoms with van der Waals surface area (Å²) in [4.78, 5) is 24.3. The number of carbonyl (C=O) groups is 1. The molecular formula is C20H21N3O2. The van der Waals surface area contributed by atoms with E-state index in [-0.39, 0.29) is 23.2 Å². The lowest BCUT2D eigenvalue weighted by atomic mass is 9.99. The van der Waals surface area contributed by atoms with Crippen molar-refractivity contribution in [2.24, 2.45) is 0 Å². The Morgan fingerprint density at radius 3 is 2.68 bits per heavy atom. The summed E-state index contributed by atoms with van der Waals surface area (Å²) in [7, 11) is 0. The van der Waals surface area contributed by atoms with Crippen LogP contribution in [0.15, 0.2) is 59.4 Å². The molecule has 3 rings (SSSR count). The minimum absolute atomic E-state index is 0.174. The molecule has 0 aliphatic carbocycles. The van der Waals surface area contributed by atoms with Gasteiger partial charge in [-0.1, -0.05) is 49.4 Å². The summed E-state index contributed by atoms with van der Waals surface area (Å²) in [6, 6.07) is 16.8. The highest BCUT2D eigenvalue weighted by molar-refractivity contribution is 5.93. The van der Waals surface area contributed by atoms with Crippen LogP contribution >= 0.6 is 0 Å². The zero-order valence-corrected chi connectivity index (χ0v) is 14.4. The standard InChI is InChI=1S/C20H21N3O2/c1-3-13-23-19(24)12-11-18(22-23)20(25)21-14(2)16-10-6-8-15-7-4-5-9-17(15)16/h4-12,14H,3,13H2,1-2H3,(H,21,25). The van der Waals surface area contributed by atoms with E-state index in [0.717, 1.165) is 22.8 Å². The molecule has 1 amide bonds. The van der Waals surface area contributed by atoms with Crippen LogP contribution in [0.4, 0.5) is 0 Å². The molecule has 25 heavy (non-hydrogen) atoms. The molecule has 1 aromatic heterocycles. The van der Waals surface area contributed by atoms with Crippen molar-refractivity contribution in [1.29, 1.82) is 0 Å². The number of fused-ring (bicyclic) bond motifs is 1. The van der Waals surface area contributed by atoms with Gasteiger partial charge in [-0.25, -0.2) is 4.68 Å². The first-order chi connectivity index (χ1) is 12.1. The van der Waals surface area contributed by atoms with Crippen LogP contribution in [-0.4, -0.2) is 15.7 Å². The number of nitrogens with zero attached hydrogens (tertiary/aromatic N) is 2. The number of amides is 1. The Hall–Kier alpha value is -2.95. The molecule has 1 heterocycles. The molecular weight excluding hydrogens is 314 g/mol. The van der Waals surface area contributed by atoms with E-state index in [4.69, 9.17) is 0 Å². The van der Waals surface area contributed by atoms with Crippen molar-refractivity contribution in [3.05, 3.63) is 76.2 Å². The number of rotatable bonds is 5. The van der Waals surface area contributed by atoms with Gasteiger partial charge in [0, 0.05) is 12.6 Å². The van der Waals surface area contributed by atoms with Gasteiger partial charge in [-0.15, -0.1) is 0 Å². The van der Waals surface area contributed by atoms with Gasteiger partial charge in [0.15, 0.2) is 0 Å². The van der Waals surface area contributed by atoms with E-state index in [1.807, 2.05) is 44.2 Å². The molecule has 1 atom stereocenters. The van der Waals surface area contributed by atoms with Crippen LogP contribution in [0.2, 0.25) is 0 Å². The molecule has 0 fully saturated rings. The van der Waals surface area contributed by atoms with Gasteiger partial charge in [0.25, 0.3) is 11.5 Å². The molecule has 1 unspecified atom stereocenters. The van der Waals surface area contributed by atoms with Gasteiger partial charge >= 0.3 is 0 Å². The van der Waals surface area contributed by atoms with Crippen molar-refractivity contribution in [2.45, 2.75) is 32.9 Å². The summed E-state index contributed by atoms with van der Waals surface area (Å²) >= 11 is 0.